The maximum Gasteiger partial charge on any atom is 0.261 e. The SMILES string of the molecule is COc1ccc(CN(Cc2ccc(OC)cc2)c2ncc(O)c(OC)n2)cc1. The number of rotatable bonds is 8. The Morgan fingerprint density at radius 2 is 1.29 bits per heavy atom. The molecule has 7 heteroatoms. The molecule has 1 heterocycles. The van der Waals surface area contributed by atoms with Crippen molar-refractivity contribution in [1.82, 2.24) is 9.97 Å². The van der Waals surface area contributed by atoms with E-state index < -0.39 is 0 Å². The lowest BCUT2D eigenvalue weighted by molar-refractivity contribution is 0.356. The van der Waals surface area contributed by atoms with Gasteiger partial charge in [-0.15, -0.1) is 0 Å². The third kappa shape index (κ3) is 4.62. The van der Waals surface area contributed by atoms with Crippen LogP contribution in [0.25, 0.3) is 0 Å². The minimum absolute atomic E-state index is 0.0971. The quantitative estimate of drug-likeness (QED) is 0.641. The Balaban J connectivity index is 1.89. The molecule has 0 atom stereocenters. The molecule has 0 unspecified atom stereocenters. The van der Waals surface area contributed by atoms with Crippen LogP contribution in [0, 0.1) is 0 Å². The predicted molar refractivity (Wildman–Crippen MR) is 106 cm³/mol. The highest BCUT2D eigenvalue weighted by Crippen LogP contribution is 2.26. The molecule has 0 radical (unpaired) electrons. The standard InChI is InChI=1S/C21H23N3O4/c1-26-17-8-4-15(5-9-17)13-24(14-16-6-10-18(27-2)11-7-16)21-22-12-19(25)20(23-21)28-3/h4-12,25H,13-14H2,1-3H3. The molecular weight excluding hydrogens is 358 g/mol. The Morgan fingerprint density at radius 3 is 1.71 bits per heavy atom. The van der Waals surface area contributed by atoms with E-state index in [9.17, 15) is 5.11 Å². The number of ether oxygens (including phenoxy) is 3. The lowest BCUT2D eigenvalue weighted by Gasteiger charge is -2.23. The topological polar surface area (TPSA) is 76.9 Å². The van der Waals surface area contributed by atoms with Crippen molar-refractivity contribution in [1.29, 1.82) is 0 Å². The van der Waals surface area contributed by atoms with Crippen LogP contribution in [-0.4, -0.2) is 36.4 Å². The molecule has 0 aliphatic carbocycles. The largest absolute Gasteiger partial charge is 0.502 e. The molecule has 0 bridgehead atoms. The molecule has 28 heavy (non-hydrogen) atoms. The lowest BCUT2D eigenvalue weighted by Crippen LogP contribution is -2.24. The van der Waals surface area contributed by atoms with E-state index in [-0.39, 0.29) is 11.6 Å². The second-order valence-corrected chi connectivity index (χ2v) is 6.12. The van der Waals surface area contributed by atoms with E-state index >= 15 is 0 Å². The highest BCUT2D eigenvalue weighted by atomic mass is 16.5. The van der Waals surface area contributed by atoms with E-state index in [1.165, 1.54) is 13.3 Å². The van der Waals surface area contributed by atoms with Gasteiger partial charge in [-0.05, 0) is 35.4 Å². The first-order valence-electron chi connectivity index (χ1n) is 8.73. The van der Waals surface area contributed by atoms with Crippen molar-refractivity contribution in [2.45, 2.75) is 13.1 Å². The van der Waals surface area contributed by atoms with Crippen LogP contribution in [0.3, 0.4) is 0 Å². The first-order valence-corrected chi connectivity index (χ1v) is 8.73. The number of aromatic nitrogens is 2. The van der Waals surface area contributed by atoms with Crippen molar-refractivity contribution in [2.75, 3.05) is 26.2 Å². The van der Waals surface area contributed by atoms with Crippen LogP contribution in [0.1, 0.15) is 11.1 Å². The van der Waals surface area contributed by atoms with E-state index in [4.69, 9.17) is 14.2 Å². The number of aromatic hydroxyl groups is 1. The first kappa shape index (κ1) is 19.3. The van der Waals surface area contributed by atoms with Gasteiger partial charge in [0.1, 0.15) is 11.5 Å². The van der Waals surface area contributed by atoms with Crippen molar-refractivity contribution in [3.63, 3.8) is 0 Å². The molecule has 0 amide bonds. The first-order chi connectivity index (χ1) is 13.6. The summed E-state index contributed by atoms with van der Waals surface area (Å²) in [6.07, 6.45) is 1.34. The average molecular weight is 381 g/mol. The van der Waals surface area contributed by atoms with Gasteiger partial charge in [0, 0.05) is 13.1 Å². The molecule has 0 aliphatic rings. The molecular formula is C21H23N3O4. The number of methoxy groups -OCH3 is 3. The van der Waals surface area contributed by atoms with Crippen molar-refractivity contribution < 1.29 is 19.3 Å². The van der Waals surface area contributed by atoms with Gasteiger partial charge in [-0.2, -0.15) is 4.98 Å². The smallest absolute Gasteiger partial charge is 0.261 e. The zero-order valence-corrected chi connectivity index (χ0v) is 16.1. The fraction of sp³-hybridized carbons (Fsp3) is 0.238. The molecule has 0 spiro atoms. The van der Waals surface area contributed by atoms with E-state index in [1.54, 1.807) is 14.2 Å². The maximum atomic E-state index is 9.82. The van der Waals surface area contributed by atoms with Gasteiger partial charge in [-0.3, -0.25) is 0 Å². The van der Waals surface area contributed by atoms with Crippen molar-refractivity contribution in [2.24, 2.45) is 0 Å². The Labute approximate surface area is 164 Å². The maximum absolute atomic E-state index is 9.82. The van der Waals surface area contributed by atoms with Crippen LogP contribution in [0.4, 0.5) is 5.95 Å². The molecule has 3 aromatic rings. The van der Waals surface area contributed by atoms with Crippen molar-refractivity contribution in [3.8, 4) is 23.1 Å². The summed E-state index contributed by atoms with van der Waals surface area (Å²) in [7, 11) is 4.74. The summed E-state index contributed by atoms with van der Waals surface area (Å²) in [4.78, 5) is 10.6. The fourth-order valence-electron chi connectivity index (χ4n) is 2.75. The zero-order chi connectivity index (χ0) is 19.9. The average Bonchev–Trinajstić information content (AvgIpc) is 2.74. The van der Waals surface area contributed by atoms with Gasteiger partial charge in [0.05, 0.1) is 27.5 Å². The van der Waals surface area contributed by atoms with Gasteiger partial charge in [-0.25, -0.2) is 4.98 Å². The Bertz CT molecular complexity index is 849. The Morgan fingerprint density at radius 1 is 0.786 bits per heavy atom. The second kappa shape index (κ2) is 8.94. The minimum atomic E-state index is -0.0971. The van der Waals surface area contributed by atoms with E-state index in [0.29, 0.717) is 19.0 Å². The molecule has 0 aliphatic heterocycles. The molecule has 0 saturated heterocycles. The summed E-state index contributed by atoms with van der Waals surface area (Å²) in [6.45, 7) is 1.15. The van der Waals surface area contributed by atoms with Gasteiger partial charge in [0.25, 0.3) is 5.88 Å². The molecule has 146 valence electrons. The van der Waals surface area contributed by atoms with Crippen molar-refractivity contribution in [3.05, 3.63) is 65.9 Å². The number of nitrogens with zero attached hydrogens (tertiary/aromatic N) is 3. The number of anilines is 1. The molecule has 7 nitrogen and oxygen atoms in total. The summed E-state index contributed by atoms with van der Waals surface area (Å²) >= 11 is 0. The lowest BCUT2D eigenvalue weighted by atomic mass is 10.1. The predicted octanol–water partition coefficient (Wildman–Crippen LogP) is 3.41. The van der Waals surface area contributed by atoms with Crippen LogP contribution in [-0.2, 0) is 13.1 Å². The van der Waals surface area contributed by atoms with E-state index in [2.05, 4.69) is 9.97 Å². The van der Waals surface area contributed by atoms with Crippen LogP contribution < -0.4 is 19.1 Å². The highest BCUT2D eigenvalue weighted by molar-refractivity contribution is 5.41. The number of hydrogen-bond acceptors (Lipinski definition) is 7. The summed E-state index contributed by atoms with van der Waals surface area (Å²) in [5.41, 5.74) is 2.15. The molecule has 1 N–H and O–H groups in total. The summed E-state index contributed by atoms with van der Waals surface area (Å²) in [5, 5.41) is 9.82. The van der Waals surface area contributed by atoms with E-state index in [0.717, 1.165) is 22.6 Å². The van der Waals surface area contributed by atoms with Crippen LogP contribution in [0.15, 0.2) is 54.7 Å². The van der Waals surface area contributed by atoms with Gasteiger partial charge in [0.2, 0.25) is 5.95 Å². The van der Waals surface area contributed by atoms with E-state index in [1.807, 2.05) is 53.4 Å². The normalized spacial score (nSPS) is 10.4. The van der Waals surface area contributed by atoms with Crippen molar-refractivity contribution >= 4 is 5.95 Å². The molecule has 0 fully saturated rings. The van der Waals surface area contributed by atoms with Gasteiger partial charge in [0.15, 0.2) is 5.75 Å². The highest BCUT2D eigenvalue weighted by Gasteiger charge is 2.15. The van der Waals surface area contributed by atoms with Crippen LogP contribution in [0.2, 0.25) is 0 Å². The third-order valence-corrected chi connectivity index (χ3v) is 4.26. The second-order valence-electron chi connectivity index (χ2n) is 6.12. The Hall–Kier alpha value is -3.48. The Kier molecular flexibility index (Phi) is 6.16. The molecule has 0 saturated carbocycles. The molecule has 1 aromatic heterocycles. The van der Waals surface area contributed by atoms with Gasteiger partial charge >= 0.3 is 0 Å². The molecule has 3 rings (SSSR count). The monoisotopic (exact) mass is 381 g/mol. The fourth-order valence-corrected chi connectivity index (χ4v) is 2.75. The number of hydrogen-bond donors (Lipinski definition) is 1. The number of benzene rings is 2. The zero-order valence-electron chi connectivity index (χ0n) is 16.1. The van der Waals surface area contributed by atoms with Gasteiger partial charge in [-0.1, -0.05) is 24.3 Å². The molecule has 2 aromatic carbocycles. The van der Waals surface area contributed by atoms with Crippen LogP contribution >= 0.6 is 0 Å². The minimum Gasteiger partial charge on any atom is -0.502 e. The van der Waals surface area contributed by atoms with Gasteiger partial charge < -0.3 is 24.2 Å². The summed E-state index contributed by atoms with van der Waals surface area (Å²) in [6, 6.07) is 15.7. The third-order valence-electron chi connectivity index (χ3n) is 4.26. The summed E-state index contributed by atoms with van der Waals surface area (Å²) < 4.78 is 15.6. The summed E-state index contributed by atoms with van der Waals surface area (Å²) in [5.74, 6) is 2.10. The van der Waals surface area contributed by atoms with Crippen LogP contribution in [0.5, 0.6) is 23.1 Å².